The third kappa shape index (κ3) is 70.7. The number of hydrogen-bond acceptors (Lipinski definition) is 15. The molecule has 0 aromatic rings. The quantitative estimate of drug-likeness (QED) is 0.0169. The van der Waals surface area contributed by atoms with E-state index in [0.717, 1.165) is 135 Å². The molecule has 19 heteroatoms. The van der Waals surface area contributed by atoms with E-state index in [0.29, 0.717) is 32.1 Å². The van der Waals surface area contributed by atoms with Crippen LogP contribution >= 0.6 is 15.6 Å². The number of phosphoric ester groups is 2. The highest BCUT2D eigenvalue weighted by Gasteiger charge is 2.30. The van der Waals surface area contributed by atoms with E-state index in [1.807, 2.05) is 12.2 Å². The van der Waals surface area contributed by atoms with Crippen LogP contribution in [0.25, 0.3) is 0 Å². The van der Waals surface area contributed by atoms with Gasteiger partial charge in [0.15, 0.2) is 12.2 Å². The number of phosphoric acid groups is 2. The molecular weight excluding hydrogens is 1280 g/mol. The SMILES string of the molecule is CCCCC/C=C\C/C=C\C/C=C\C/C=C\CCCC(=O)O[C@H](COC(=O)CCCCCCC/C=C\C/C=C\CCCCC)COP(=O)(O)OC[C@@H](O)COP(=O)(O)OC[C@@H](COC(=O)CCCCCCC/C=C\CCCCCC)OC(=O)CCCCCCCCCCCCCCC. The van der Waals surface area contributed by atoms with Crippen molar-refractivity contribution in [3.05, 3.63) is 85.1 Å². The van der Waals surface area contributed by atoms with Gasteiger partial charge in [-0.3, -0.25) is 37.3 Å². The first kappa shape index (κ1) is 94.2. The summed E-state index contributed by atoms with van der Waals surface area (Å²) in [6.07, 6.45) is 72.9. The maximum atomic E-state index is 13.1. The van der Waals surface area contributed by atoms with Crippen LogP contribution in [0.1, 0.15) is 336 Å². The van der Waals surface area contributed by atoms with E-state index >= 15 is 0 Å². The topological polar surface area (TPSA) is 237 Å². The van der Waals surface area contributed by atoms with E-state index in [1.165, 1.54) is 116 Å². The van der Waals surface area contributed by atoms with E-state index in [9.17, 15) is 43.2 Å². The molecule has 0 saturated carbocycles. The van der Waals surface area contributed by atoms with Crippen molar-refractivity contribution in [3.63, 3.8) is 0 Å². The highest BCUT2D eigenvalue weighted by molar-refractivity contribution is 7.47. The summed E-state index contributed by atoms with van der Waals surface area (Å²) in [5, 5.41) is 10.6. The summed E-state index contributed by atoms with van der Waals surface area (Å²) in [5.41, 5.74) is 0. The Morgan fingerprint density at radius 1 is 0.286 bits per heavy atom. The lowest BCUT2D eigenvalue weighted by Crippen LogP contribution is -2.30. The Kier molecular flexibility index (Phi) is 68.9. The van der Waals surface area contributed by atoms with Gasteiger partial charge in [-0.1, -0.05) is 273 Å². The van der Waals surface area contributed by atoms with Gasteiger partial charge < -0.3 is 33.8 Å². The van der Waals surface area contributed by atoms with E-state index in [4.69, 9.17) is 37.0 Å². The van der Waals surface area contributed by atoms with Crippen LogP contribution in [0, 0.1) is 0 Å². The minimum Gasteiger partial charge on any atom is -0.462 e. The zero-order chi connectivity index (χ0) is 71.8. The lowest BCUT2D eigenvalue weighted by Gasteiger charge is -2.21. The number of hydrogen-bond donors (Lipinski definition) is 3. The fourth-order valence-corrected chi connectivity index (χ4v) is 11.9. The molecule has 3 N–H and O–H groups in total. The summed E-state index contributed by atoms with van der Waals surface area (Å²) in [5.74, 6) is -2.25. The largest absolute Gasteiger partial charge is 0.472 e. The van der Waals surface area contributed by atoms with Crippen LogP contribution in [-0.4, -0.2) is 96.7 Å². The molecule has 0 heterocycles. The Labute approximate surface area is 595 Å². The highest BCUT2D eigenvalue weighted by Crippen LogP contribution is 2.45. The third-order valence-corrected chi connectivity index (χ3v) is 18.2. The predicted octanol–water partition coefficient (Wildman–Crippen LogP) is 22.2. The number of esters is 4. The van der Waals surface area contributed by atoms with Crippen LogP contribution in [0.5, 0.6) is 0 Å². The van der Waals surface area contributed by atoms with Gasteiger partial charge in [0.2, 0.25) is 0 Å². The molecule has 0 rings (SSSR count). The first-order valence-electron chi connectivity index (χ1n) is 38.8. The molecule has 2 unspecified atom stereocenters. The van der Waals surface area contributed by atoms with Crippen molar-refractivity contribution in [1.29, 1.82) is 0 Å². The Hall–Kier alpha value is -3.76. The van der Waals surface area contributed by atoms with Crippen LogP contribution in [0.4, 0.5) is 0 Å². The Bertz CT molecular complexity index is 2190. The van der Waals surface area contributed by atoms with Gasteiger partial charge in [-0.2, -0.15) is 0 Å². The van der Waals surface area contributed by atoms with Crippen LogP contribution in [0.3, 0.4) is 0 Å². The molecule has 0 aliphatic rings. The second kappa shape index (κ2) is 71.6. The third-order valence-electron chi connectivity index (χ3n) is 16.3. The normalized spacial score (nSPS) is 14.4. The smallest absolute Gasteiger partial charge is 0.462 e. The molecule has 568 valence electrons. The number of aliphatic hydroxyl groups excluding tert-OH is 1. The summed E-state index contributed by atoms with van der Waals surface area (Å²) in [7, 11) is -9.96. The standard InChI is InChI=1S/C79H140O17P2/c1-5-9-13-17-21-25-29-33-35-36-38-42-46-50-54-58-62-66-79(84)96-75(70-90-77(82)64-60-56-52-48-44-41-37-34-30-26-22-18-14-10-6-2)72-94-98(87,88)92-68-73(80)67-91-97(85,86)93-71-74(95-78(83)65-61-57-53-49-45-40-32-28-24-20-16-12-8-4)69-89-76(81)63-59-55-51-47-43-39-31-27-23-19-15-11-7-3/h21-22,25-27,31,33-35,37-38,42,50,54,73-75,80H,5-20,23-24,28-30,32,36,39-41,43-49,51-53,55-72H2,1-4H3,(H,85,86)(H,87,88)/b25-21-,26-22-,31-27-,35-33-,37-34-,42-38-,54-50-/t73-,74+,75+/m0/s1. The number of carbonyl (C=O) groups is 4. The van der Waals surface area contributed by atoms with Crippen molar-refractivity contribution < 1.29 is 80.2 Å². The molecule has 0 aromatic carbocycles. The molecule has 0 amide bonds. The summed E-state index contributed by atoms with van der Waals surface area (Å²) in [4.78, 5) is 72.8. The van der Waals surface area contributed by atoms with Gasteiger partial charge in [0.25, 0.3) is 0 Å². The zero-order valence-corrected chi connectivity index (χ0v) is 63.7. The second-order valence-corrected chi connectivity index (χ2v) is 28.9. The van der Waals surface area contributed by atoms with Gasteiger partial charge in [0.1, 0.15) is 19.3 Å². The number of rotatable bonds is 73. The Morgan fingerprint density at radius 3 is 0.847 bits per heavy atom. The lowest BCUT2D eigenvalue weighted by molar-refractivity contribution is -0.161. The van der Waals surface area contributed by atoms with Crippen LogP contribution in [0.2, 0.25) is 0 Å². The first-order chi connectivity index (χ1) is 47.7. The number of aliphatic hydroxyl groups is 1. The maximum Gasteiger partial charge on any atom is 0.472 e. The summed E-state index contributed by atoms with van der Waals surface area (Å²) in [6, 6.07) is 0. The van der Waals surface area contributed by atoms with E-state index in [1.54, 1.807) is 0 Å². The molecule has 0 aliphatic carbocycles. The average molecular weight is 1420 g/mol. The minimum absolute atomic E-state index is 0.0172. The molecule has 0 aromatic heterocycles. The molecule has 98 heavy (non-hydrogen) atoms. The molecule has 0 saturated heterocycles. The van der Waals surface area contributed by atoms with Crippen molar-refractivity contribution in [2.24, 2.45) is 0 Å². The van der Waals surface area contributed by atoms with Crippen molar-refractivity contribution in [3.8, 4) is 0 Å². The van der Waals surface area contributed by atoms with Gasteiger partial charge >= 0.3 is 39.5 Å². The Morgan fingerprint density at radius 2 is 0.510 bits per heavy atom. The van der Waals surface area contributed by atoms with Gasteiger partial charge in [-0.15, -0.1) is 0 Å². The van der Waals surface area contributed by atoms with Gasteiger partial charge in [0.05, 0.1) is 26.4 Å². The zero-order valence-electron chi connectivity index (χ0n) is 62.0. The number of allylic oxidation sites excluding steroid dienone is 14. The fraction of sp³-hybridized carbons (Fsp3) is 0.772. The van der Waals surface area contributed by atoms with Crippen LogP contribution in [0.15, 0.2) is 85.1 Å². The second-order valence-electron chi connectivity index (χ2n) is 25.9. The first-order valence-corrected chi connectivity index (χ1v) is 41.8. The highest BCUT2D eigenvalue weighted by atomic mass is 31.2. The molecule has 0 aliphatic heterocycles. The minimum atomic E-state index is -4.99. The fourth-order valence-electron chi connectivity index (χ4n) is 10.4. The van der Waals surface area contributed by atoms with Crippen molar-refractivity contribution in [2.75, 3.05) is 39.6 Å². The molecule has 17 nitrogen and oxygen atoms in total. The van der Waals surface area contributed by atoms with E-state index in [-0.39, 0.29) is 25.7 Å². The average Bonchev–Trinajstić information content (AvgIpc) is 1.02. The lowest BCUT2D eigenvalue weighted by atomic mass is 10.0. The number of carbonyl (C=O) groups excluding carboxylic acids is 4. The maximum absolute atomic E-state index is 13.1. The predicted molar refractivity (Wildman–Crippen MR) is 399 cm³/mol. The van der Waals surface area contributed by atoms with Crippen molar-refractivity contribution in [1.82, 2.24) is 0 Å². The number of ether oxygens (including phenoxy) is 4. The summed E-state index contributed by atoms with van der Waals surface area (Å²) >= 11 is 0. The van der Waals surface area contributed by atoms with Gasteiger partial charge in [-0.05, 0) is 122 Å². The monoisotopic (exact) mass is 1420 g/mol. The molecule has 5 atom stereocenters. The van der Waals surface area contributed by atoms with Crippen LogP contribution in [-0.2, 0) is 65.4 Å². The molecule has 0 radical (unpaired) electrons. The van der Waals surface area contributed by atoms with Crippen molar-refractivity contribution >= 4 is 39.5 Å². The molecule has 0 spiro atoms. The molecular formula is C79H140O17P2. The van der Waals surface area contributed by atoms with Gasteiger partial charge in [-0.25, -0.2) is 9.13 Å². The summed E-state index contributed by atoms with van der Waals surface area (Å²) < 4.78 is 68.4. The van der Waals surface area contributed by atoms with E-state index in [2.05, 4.69) is 101 Å². The molecule has 0 bridgehead atoms. The van der Waals surface area contributed by atoms with Crippen LogP contribution < -0.4 is 0 Å². The number of unbranched alkanes of at least 4 members (excludes halogenated alkanes) is 33. The van der Waals surface area contributed by atoms with Crippen molar-refractivity contribution in [2.45, 2.75) is 354 Å². The Balaban J connectivity index is 5.40. The van der Waals surface area contributed by atoms with Gasteiger partial charge in [0, 0.05) is 25.7 Å². The molecule has 0 fully saturated rings. The van der Waals surface area contributed by atoms with E-state index < -0.39 is 97.5 Å². The summed E-state index contributed by atoms with van der Waals surface area (Å²) in [6.45, 7) is 4.75.